The van der Waals surface area contributed by atoms with Gasteiger partial charge >= 0.3 is 6.09 Å². The molecule has 0 unspecified atom stereocenters. The largest absolute Gasteiger partial charge is 0.453 e. The quantitative estimate of drug-likeness (QED) is 0.852. The Morgan fingerprint density at radius 2 is 2.04 bits per heavy atom. The number of rotatable bonds is 5. The molecule has 1 amide bonds. The SMILES string of the molecule is COC(=O)N1CCC[C@@H](NS(C)(=O)=O)[C@H]1Cc1cccc(C2CCC2)c1. The summed E-state index contributed by atoms with van der Waals surface area (Å²) in [5.74, 6) is 0.642. The van der Waals surface area contributed by atoms with Gasteiger partial charge in [-0.2, -0.15) is 0 Å². The number of carbonyl (C=O) groups excluding carboxylic acids is 1. The molecule has 0 bridgehead atoms. The molecule has 3 rings (SSSR count). The predicted octanol–water partition coefficient (Wildman–Crippen LogP) is 2.65. The number of nitrogens with one attached hydrogen (secondary N) is 1. The van der Waals surface area contributed by atoms with Gasteiger partial charge in [-0.1, -0.05) is 30.7 Å². The van der Waals surface area contributed by atoms with Crippen molar-refractivity contribution in [3.05, 3.63) is 35.4 Å². The lowest BCUT2D eigenvalue weighted by atomic mass is 9.79. The van der Waals surface area contributed by atoms with Gasteiger partial charge in [0, 0.05) is 12.6 Å². The van der Waals surface area contributed by atoms with Crippen molar-refractivity contribution in [3.8, 4) is 0 Å². The molecule has 1 N–H and O–H groups in total. The van der Waals surface area contributed by atoms with Gasteiger partial charge in [0.05, 0.1) is 19.4 Å². The van der Waals surface area contributed by atoms with Gasteiger partial charge < -0.3 is 9.64 Å². The highest BCUT2D eigenvalue weighted by Gasteiger charge is 2.36. The van der Waals surface area contributed by atoms with Crippen LogP contribution in [-0.2, 0) is 21.2 Å². The molecule has 6 nitrogen and oxygen atoms in total. The number of hydrogen-bond donors (Lipinski definition) is 1. The average molecular weight is 381 g/mol. The normalized spacial score (nSPS) is 24.2. The maximum absolute atomic E-state index is 12.2. The van der Waals surface area contributed by atoms with E-state index >= 15 is 0 Å². The van der Waals surface area contributed by atoms with Crippen molar-refractivity contribution in [3.63, 3.8) is 0 Å². The molecule has 0 aromatic heterocycles. The molecule has 1 saturated carbocycles. The minimum Gasteiger partial charge on any atom is -0.453 e. The lowest BCUT2D eigenvalue weighted by Crippen LogP contribution is -2.57. The molecule has 0 spiro atoms. The van der Waals surface area contributed by atoms with Gasteiger partial charge in [-0.3, -0.25) is 0 Å². The highest BCUT2D eigenvalue weighted by Crippen LogP contribution is 2.36. The van der Waals surface area contributed by atoms with Gasteiger partial charge in [-0.05, 0) is 49.1 Å². The summed E-state index contributed by atoms with van der Waals surface area (Å²) < 4.78 is 31.2. The Morgan fingerprint density at radius 3 is 2.65 bits per heavy atom. The van der Waals surface area contributed by atoms with Crippen LogP contribution in [0, 0.1) is 0 Å². The number of benzene rings is 1. The fraction of sp³-hybridized carbons (Fsp3) is 0.632. The number of piperidine rings is 1. The minimum absolute atomic E-state index is 0.248. The van der Waals surface area contributed by atoms with E-state index in [-0.39, 0.29) is 12.1 Å². The minimum atomic E-state index is -3.35. The third kappa shape index (κ3) is 4.57. The number of nitrogens with zero attached hydrogens (tertiary/aromatic N) is 1. The number of methoxy groups -OCH3 is 1. The van der Waals surface area contributed by atoms with Crippen LogP contribution in [0.4, 0.5) is 4.79 Å². The molecule has 2 atom stereocenters. The molecule has 144 valence electrons. The Morgan fingerprint density at radius 1 is 1.27 bits per heavy atom. The van der Waals surface area contributed by atoms with Crippen LogP contribution in [0.15, 0.2) is 24.3 Å². The summed E-state index contributed by atoms with van der Waals surface area (Å²) in [5.41, 5.74) is 2.48. The van der Waals surface area contributed by atoms with Gasteiger partial charge in [0.2, 0.25) is 10.0 Å². The van der Waals surface area contributed by atoms with Gasteiger partial charge in [-0.15, -0.1) is 0 Å². The molecule has 2 fully saturated rings. The fourth-order valence-corrected chi connectivity index (χ4v) is 4.85. The zero-order valence-corrected chi connectivity index (χ0v) is 16.3. The number of hydrogen-bond acceptors (Lipinski definition) is 4. The van der Waals surface area contributed by atoms with E-state index in [1.165, 1.54) is 38.2 Å². The van der Waals surface area contributed by atoms with Gasteiger partial charge in [0.1, 0.15) is 0 Å². The molecule has 1 aromatic rings. The van der Waals surface area contributed by atoms with E-state index in [1.54, 1.807) is 4.90 Å². The van der Waals surface area contributed by atoms with Gasteiger partial charge in [0.15, 0.2) is 0 Å². The van der Waals surface area contributed by atoms with E-state index in [1.807, 2.05) is 0 Å². The van der Waals surface area contributed by atoms with Crippen LogP contribution in [0.1, 0.15) is 49.1 Å². The molecule has 26 heavy (non-hydrogen) atoms. The number of amides is 1. The summed E-state index contributed by atoms with van der Waals surface area (Å²) in [6, 6.07) is 7.95. The van der Waals surface area contributed by atoms with Crippen molar-refractivity contribution < 1.29 is 17.9 Å². The van der Waals surface area contributed by atoms with E-state index in [2.05, 4.69) is 29.0 Å². The van der Waals surface area contributed by atoms with Crippen LogP contribution in [0.3, 0.4) is 0 Å². The molecule has 1 aliphatic heterocycles. The molecule has 1 saturated heterocycles. The van der Waals surface area contributed by atoms with Gasteiger partial charge in [0.25, 0.3) is 0 Å². The molecule has 1 aromatic carbocycles. The van der Waals surface area contributed by atoms with E-state index in [0.29, 0.717) is 25.3 Å². The first-order valence-corrected chi connectivity index (χ1v) is 11.2. The van der Waals surface area contributed by atoms with Crippen LogP contribution < -0.4 is 4.72 Å². The third-order valence-corrected chi connectivity index (χ3v) is 6.26. The van der Waals surface area contributed by atoms with Crippen molar-refractivity contribution in [2.75, 3.05) is 19.9 Å². The second-order valence-electron chi connectivity index (χ2n) is 7.45. The Kier molecular flexibility index (Phi) is 5.87. The number of carbonyl (C=O) groups is 1. The molecule has 7 heteroatoms. The Balaban J connectivity index is 1.83. The van der Waals surface area contributed by atoms with Crippen LogP contribution in [0.5, 0.6) is 0 Å². The first-order valence-electron chi connectivity index (χ1n) is 9.28. The fourth-order valence-electron chi connectivity index (χ4n) is 4.02. The summed E-state index contributed by atoms with van der Waals surface area (Å²) in [6.45, 7) is 0.585. The first kappa shape index (κ1) is 19.2. The highest BCUT2D eigenvalue weighted by molar-refractivity contribution is 7.88. The van der Waals surface area contributed by atoms with Crippen molar-refractivity contribution in [1.82, 2.24) is 9.62 Å². The monoisotopic (exact) mass is 380 g/mol. The standard InChI is InChI=1S/C19H28N2O4S/c1-25-19(22)21-11-5-10-17(20-26(2,23)24)18(21)13-14-6-3-9-16(12-14)15-7-4-8-15/h3,6,9,12,15,17-18,20H,4-5,7-8,10-11,13H2,1-2H3/t17-,18-/m1/s1. The topological polar surface area (TPSA) is 75.7 Å². The maximum atomic E-state index is 12.2. The molecule has 2 aliphatic rings. The van der Waals surface area contributed by atoms with E-state index in [9.17, 15) is 13.2 Å². The number of ether oxygens (including phenoxy) is 1. The lowest BCUT2D eigenvalue weighted by molar-refractivity contribution is 0.0792. The Hall–Kier alpha value is -1.60. The zero-order chi connectivity index (χ0) is 18.7. The Bertz CT molecular complexity index is 746. The number of sulfonamides is 1. The zero-order valence-electron chi connectivity index (χ0n) is 15.5. The van der Waals surface area contributed by atoms with Crippen LogP contribution in [0.2, 0.25) is 0 Å². The molecule has 1 aliphatic carbocycles. The van der Waals surface area contributed by atoms with E-state index in [4.69, 9.17) is 4.74 Å². The summed E-state index contributed by atoms with van der Waals surface area (Å²) in [6.07, 6.45) is 6.60. The molecule has 0 radical (unpaired) electrons. The van der Waals surface area contributed by atoms with E-state index in [0.717, 1.165) is 12.0 Å². The summed E-state index contributed by atoms with van der Waals surface area (Å²) in [7, 11) is -1.98. The Labute approximate surface area is 156 Å². The van der Waals surface area contributed by atoms with Crippen LogP contribution >= 0.6 is 0 Å². The smallest absolute Gasteiger partial charge is 0.409 e. The van der Waals surface area contributed by atoms with Crippen molar-refractivity contribution >= 4 is 16.1 Å². The molecular weight excluding hydrogens is 352 g/mol. The predicted molar refractivity (Wildman–Crippen MR) is 101 cm³/mol. The van der Waals surface area contributed by atoms with Crippen molar-refractivity contribution in [2.45, 2.75) is 56.5 Å². The van der Waals surface area contributed by atoms with Crippen LogP contribution in [-0.4, -0.2) is 51.4 Å². The molecular formula is C19H28N2O4S. The third-order valence-electron chi connectivity index (χ3n) is 5.53. The van der Waals surface area contributed by atoms with Crippen molar-refractivity contribution in [1.29, 1.82) is 0 Å². The van der Waals surface area contributed by atoms with Crippen LogP contribution in [0.25, 0.3) is 0 Å². The lowest BCUT2D eigenvalue weighted by Gasteiger charge is -2.40. The number of likely N-dealkylation sites (tertiary alicyclic amines) is 1. The van der Waals surface area contributed by atoms with Gasteiger partial charge in [-0.25, -0.2) is 17.9 Å². The summed E-state index contributed by atoms with van der Waals surface area (Å²) in [4.78, 5) is 13.9. The second-order valence-corrected chi connectivity index (χ2v) is 9.23. The summed E-state index contributed by atoms with van der Waals surface area (Å²) >= 11 is 0. The maximum Gasteiger partial charge on any atom is 0.409 e. The first-order chi connectivity index (χ1) is 12.4. The molecule has 1 heterocycles. The highest BCUT2D eigenvalue weighted by atomic mass is 32.2. The summed E-state index contributed by atoms with van der Waals surface area (Å²) in [5, 5.41) is 0. The van der Waals surface area contributed by atoms with Crippen molar-refractivity contribution in [2.24, 2.45) is 0 Å². The second kappa shape index (κ2) is 7.96. The average Bonchev–Trinajstić information content (AvgIpc) is 2.53. The van der Waals surface area contributed by atoms with E-state index < -0.39 is 16.1 Å².